The fourth-order valence-electron chi connectivity index (χ4n) is 1.86. The summed E-state index contributed by atoms with van der Waals surface area (Å²) in [6.07, 6.45) is 1.50. The van der Waals surface area contributed by atoms with Gasteiger partial charge in [0.2, 0.25) is 5.91 Å². The van der Waals surface area contributed by atoms with Gasteiger partial charge in [0.1, 0.15) is 0 Å². The summed E-state index contributed by atoms with van der Waals surface area (Å²) in [6, 6.07) is 9.64. The molecule has 0 aromatic heterocycles. The van der Waals surface area contributed by atoms with Crippen LogP contribution in [0.1, 0.15) is 18.9 Å². The van der Waals surface area contributed by atoms with Gasteiger partial charge in [0.15, 0.2) is 0 Å². The molecule has 0 spiro atoms. The number of carbonyl (C=O) groups is 1. The van der Waals surface area contributed by atoms with E-state index in [4.69, 9.17) is 5.73 Å². The van der Waals surface area contributed by atoms with Crippen molar-refractivity contribution in [3.8, 4) is 0 Å². The lowest BCUT2D eigenvalue weighted by atomic mass is 10.0. The second-order valence-corrected chi connectivity index (χ2v) is 4.78. The number of amides is 1. The van der Waals surface area contributed by atoms with Crippen LogP contribution in [0.4, 0.5) is 0 Å². The Bertz CT molecular complexity index is 400. The lowest BCUT2D eigenvalue weighted by molar-refractivity contribution is -0.131. The summed E-state index contributed by atoms with van der Waals surface area (Å²) < 4.78 is 0. The molecule has 0 saturated heterocycles. The molecule has 0 aliphatic carbocycles. The maximum Gasteiger partial charge on any atom is 0.239 e. The molecule has 0 aliphatic heterocycles. The van der Waals surface area contributed by atoms with E-state index in [9.17, 15) is 4.79 Å². The number of hydrogen-bond acceptors (Lipinski definition) is 2. The summed E-state index contributed by atoms with van der Waals surface area (Å²) >= 11 is 0. The molecule has 0 fully saturated rings. The SMILES string of the molecule is C=C(C)CN(C)C(=O)[C@@H](N)CCc1ccccc1. The van der Waals surface area contributed by atoms with Crippen LogP contribution in [0.3, 0.4) is 0 Å². The number of carbonyl (C=O) groups excluding carboxylic acids is 1. The van der Waals surface area contributed by atoms with Crippen LogP contribution in [0.5, 0.6) is 0 Å². The second-order valence-electron chi connectivity index (χ2n) is 4.78. The normalized spacial score (nSPS) is 11.9. The first-order valence-electron chi connectivity index (χ1n) is 6.19. The minimum absolute atomic E-state index is 0.0195. The third kappa shape index (κ3) is 4.72. The van der Waals surface area contributed by atoms with E-state index in [0.29, 0.717) is 13.0 Å². The zero-order valence-electron chi connectivity index (χ0n) is 11.2. The minimum atomic E-state index is -0.436. The third-order valence-electron chi connectivity index (χ3n) is 2.79. The largest absolute Gasteiger partial charge is 0.340 e. The van der Waals surface area contributed by atoms with Gasteiger partial charge in [0, 0.05) is 13.6 Å². The standard InChI is InChI=1S/C15H22N2O/c1-12(2)11-17(3)15(18)14(16)10-9-13-7-5-4-6-8-13/h4-8,14H,1,9-11,16H2,2-3H3/t14-/m0/s1. The average Bonchev–Trinajstić information content (AvgIpc) is 2.35. The van der Waals surface area contributed by atoms with Crippen molar-refractivity contribution in [3.05, 3.63) is 48.0 Å². The van der Waals surface area contributed by atoms with Gasteiger partial charge >= 0.3 is 0 Å². The summed E-state index contributed by atoms with van der Waals surface area (Å²) in [5, 5.41) is 0. The number of aryl methyl sites for hydroxylation is 1. The first-order chi connectivity index (χ1) is 8.50. The number of rotatable bonds is 6. The van der Waals surface area contributed by atoms with Crippen molar-refractivity contribution < 1.29 is 4.79 Å². The Kier molecular flexibility index (Phi) is 5.59. The van der Waals surface area contributed by atoms with Gasteiger partial charge in [-0.3, -0.25) is 4.79 Å². The Morgan fingerprint density at radius 3 is 2.56 bits per heavy atom. The van der Waals surface area contributed by atoms with Crippen molar-refractivity contribution >= 4 is 5.91 Å². The average molecular weight is 246 g/mol. The summed E-state index contributed by atoms with van der Waals surface area (Å²) in [5.74, 6) is -0.0195. The maximum atomic E-state index is 12.0. The molecule has 0 unspecified atom stereocenters. The summed E-state index contributed by atoms with van der Waals surface area (Å²) in [7, 11) is 1.76. The van der Waals surface area contributed by atoms with Gasteiger partial charge in [-0.05, 0) is 25.3 Å². The van der Waals surface area contributed by atoms with Crippen LogP contribution >= 0.6 is 0 Å². The van der Waals surface area contributed by atoms with Crippen molar-refractivity contribution in [3.63, 3.8) is 0 Å². The predicted octanol–water partition coefficient (Wildman–Crippen LogP) is 1.98. The highest BCUT2D eigenvalue weighted by Gasteiger charge is 2.17. The number of likely N-dealkylation sites (N-methyl/N-ethyl adjacent to an activating group) is 1. The molecule has 1 aromatic rings. The highest BCUT2D eigenvalue weighted by molar-refractivity contribution is 5.81. The predicted molar refractivity (Wildman–Crippen MR) is 75.2 cm³/mol. The molecule has 3 nitrogen and oxygen atoms in total. The van der Waals surface area contributed by atoms with Crippen molar-refractivity contribution in [2.75, 3.05) is 13.6 Å². The molecule has 0 radical (unpaired) electrons. The van der Waals surface area contributed by atoms with Crippen molar-refractivity contribution in [2.45, 2.75) is 25.8 Å². The summed E-state index contributed by atoms with van der Waals surface area (Å²) in [6.45, 7) is 6.27. The fourth-order valence-corrected chi connectivity index (χ4v) is 1.86. The van der Waals surface area contributed by atoms with Gasteiger partial charge in [0.25, 0.3) is 0 Å². The fraction of sp³-hybridized carbons (Fsp3) is 0.400. The summed E-state index contributed by atoms with van der Waals surface area (Å²) in [4.78, 5) is 13.6. The van der Waals surface area contributed by atoms with E-state index in [2.05, 4.69) is 18.7 Å². The lowest BCUT2D eigenvalue weighted by Gasteiger charge is -2.21. The van der Waals surface area contributed by atoms with Crippen LogP contribution < -0.4 is 5.73 Å². The quantitative estimate of drug-likeness (QED) is 0.780. The van der Waals surface area contributed by atoms with Crippen molar-refractivity contribution in [1.82, 2.24) is 4.90 Å². The van der Waals surface area contributed by atoms with E-state index >= 15 is 0 Å². The van der Waals surface area contributed by atoms with Crippen molar-refractivity contribution in [2.24, 2.45) is 5.73 Å². The zero-order valence-corrected chi connectivity index (χ0v) is 11.2. The molecular weight excluding hydrogens is 224 g/mol. The smallest absolute Gasteiger partial charge is 0.239 e. The van der Waals surface area contributed by atoms with E-state index in [1.807, 2.05) is 25.1 Å². The Morgan fingerprint density at radius 2 is 2.00 bits per heavy atom. The van der Waals surface area contributed by atoms with Crippen LogP contribution in [0.2, 0.25) is 0 Å². The van der Waals surface area contributed by atoms with Gasteiger partial charge in [-0.1, -0.05) is 42.5 Å². The molecular formula is C15H22N2O. The molecule has 2 N–H and O–H groups in total. The number of benzene rings is 1. The highest BCUT2D eigenvalue weighted by Crippen LogP contribution is 2.06. The minimum Gasteiger partial charge on any atom is -0.340 e. The van der Waals surface area contributed by atoms with Gasteiger partial charge < -0.3 is 10.6 Å². The molecule has 98 valence electrons. The third-order valence-corrected chi connectivity index (χ3v) is 2.79. The van der Waals surface area contributed by atoms with E-state index in [1.165, 1.54) is 5.56 Å². The van der Waals surface area contributed by atoms with E-state index in [-0.39, 0.29) is 5.91 Å². The number of hydrogen-bond donors (Lipinski definition) is 1. The number of nitrogens with zero attached hydrogens (tertiary/aromatic N) is 1. The van der Waals surface area contributed by atoms with Crippen LogP contribution in [-0.2, 0) is 11.2 Å². The Hall–Kier alpha value is -1.61. The Balaban J connectivity index is 2.43. The lowest BCUT2D eigenvalue weighted by Crippen LogP contribution is -2.42. The van der Waals surface area contributed by atoms with Gasteiger partial charge in [-0.15, -0.1) is 0 Å². The molecule has 1 amide bonds. The molecule has 1 aromatic carbocycles. The number of nitrogens with two attached hydrogens (primary N) is 1. The van der Waals surface area contributed by atoms with E-state index in [0.717, 1.165) is 12.0 Å². The first-order valence-corrected chi connectivity index (χ1v) is 6.19. The monoisotopic (exact) mass is 246 g/mol. The summed E-state index contributed by atoms with van der Waals surface area (Å²) in [5.41, 5.74) is 8.09. The van der Waals surface area contributed by atoms with Crippen molar-refractivity contribution in [1.29, 1.82) is 0 Å². The molecule has 0 aliphatic rings. The second kappa shape index (κ2) is 6.97. The van der Waals surface area contributed by atoms with Crippen LogP contribution in [0, 0.1) is 0 Å². The Morgan fingerprint density at radius 1 is 1.39 bits per heavy atom. The molecule has 18 heavy (non-hydrogen) atoms. The molecule has 1 rings (SSSR count). The molecule has 1 atom stereocenters. The molecule has 3 heteroatoms. The van der Waals surface area contributed by atoms with E-state index in [1.54, 1.807) is 11.9 Å². The highest BCUT2D eigenvalue weighted by atomic mass is 16.2. The van der Waals surface area contributed by atoms with Gasteiger partial charge in [-0.25, -0.2) is 0 Å². The van der Waals surface area contributed by atoms with Gasteiger partial charge in [0.05, 0.1) is 6.04 Å². The molecule has 0 heterocycles. The van der Waals surface area contributed by atoms with Crippen LogP contribution in [0.25, 0.3) is 0 Å². The Labute approximate surface area is 109 Å². The van der Waals surface area contributed by atoms with Gasteiger partial charge in [-0.2, -0.15) is 0 Å². The molecule has 0 saturated carbocycles. The molecule has 0 bridgehead atoms. The zero-order chi connectivity index (χ0) is 13.5. The van der Waals surface area contributed by atoms with Crippen LogP contribution in [-0.4, -0.2) is 30.4 Å². The van der Waals surface area contributed by atoms with Crippen LogP contribution in [0.15, 0.2) is 42.5 Å². The topological polar surface area (TPSA) is 46.3 Å². The maximum absolute atomic E-state index is 12.0. The van der Waals surface area contributed by atoms with E-state index < -0.39 is 6.04 Å². The first kappa shape index (κ1) is 14.5.